The van der Waals surface area contributed by atoms with Gasteiger partial charge >= 0.3 is 5.97 Å². The summed E-state index contributed by atoms with van der Waals surface area (Å²) >= 11 is 2.26. The van der Waals surface area contributed by atoms with Crippen molar-refractivity contribution in [1.82, 2.24) is 10.5 Å². The average molecular weight is 468 g/mol. The van der Waals surface area contributed by atoms with E-state index < -0.39 is 18.0 Å². The molecule has 0 spiro atoms. The van der Waals surface area contributed by atoms with Gasteiger partial charge in [-0.3, -0.25) is 9.63 Å². The molecule has 1 atom stereocenters. The zero-order valence-electron chi connectivity index (χ0n) is 14.7. The van der Waals surface area contributed by atoms with Crippen molar-refractivity contribution in [3.05, 3.63) is 39.1 Å². The van der Waals surface area contributed by atoms with E-state index in [4.69, 9.17) is 9.57 Å². The van der Waals surface area contributed by atoms with E-state index in [1.165, 1.54) is 7.11 Å². The fraction of sp³-hybridized carbons (Fsp3) is 0.368. The monoisotopic (exact) mass is 468 g/mol. The van der Waals surface area contributed by atoms with Crippen LogP contribution in [0.3, 0.4) is 0 Å². The number of nitrogens with one attached hydrogen (secondary N) is 2. The number of carbonyl (C=O) groups is 2. The van der Waals surface area contributed by atoms with Crippen molar-refractivity contribution in [3.63, 3.8) is 0 Å². The summed E-state index contributed by atoms with van der Waals surface area (Å²) < 4.78 is 6.64. The van der Waals surface area contributed by atoms with Crippen LogP contribution in [0.1, 0.15) is 38.3 Å². The molecule has 7 heteroatoms. The molecule has 0 aliphatic carbocycles. The number of H-pyrrole nitrogens is 1. The SMILES string of the molecule is CCCCCC1OC(=O)C(C(=O)NOC)=C1c1cc2cc(I)ccc2[nH]1. The molecule has 3 rings (SSSR count). The second-order valence-electron chi connectivity index (χ2n) is 6.23. The molecule has 1 aromatic heterocycles. The van der Waals surface area contributed by atoms with Gasteiger partial charge in [0, 0.05) is 25.7 Å². The van der Waals surface area contributed by atoms with Crippen LogP contribution >= 0.6 is 22.6 Å². The number of rotatable bonds is 7. The van der Waals surface area contributed by atoms with E-state index in [9.17, 15) is 9.59 Å². The van der Waals surface area contributed by atoms with E-state index in [-0.39, 0.29) is 5.57 Å². The van der Waals surface area contributed by atoms with Gasteiger partial charge < -0.3 is 9.72 Å². The summed E-state index contributed by atoms with van der Waals surface area (Å²) in [6, 6.07) is 8.00. The lowest BCUT2D eigenvalue weighted by Gasteiger charge is -2.13. The standard InChI is InChI=1S/C19H21IN2O4/c1-3-4-5-6-15-16(17(19(24)26-15)18(23)22-25-2)14-10-11-9-12(20)7-8-13(11)21-14/h7-10,15,21H,3-6H2,1-2H3,(H,22,23). The average Bonchev–Trinajstić information content (AvgIpc) is 3.15. The lowest BCUT2D eigenvalue weighted by molar-refractivity contribution is -0.142. The Balaban J connectivity index is 2.06. The van der Waals surface area contributed by atoms with Gasteiger partial charge in [0.05, 0.1) is 7.11 Å². The first-order valence-electron chi connectivity index (χ1n) is 8.62. The molecule has 1 unspecified atom stereocenters. The van der Waals surface area contributed by atoms with Crippen molar-refractivity contribution >= 4 is 50.9 Å². The third-order valence-corrected chi connectivity index (χ3v) is 5.08. The lowest BCUT2D eigenvalue weighted by Crippen LogP contribution is -2.26. The maximum absolute atomic E-state index is 12.4. The fourth-order valence-electron chi connectivity index (χ4n) is 3.22. The topological polar surface area (TPSA) is 80.4 Å². The van der Waals surface area contributed by atoms with Crippen molar-refractivity contribution in [1.29, 1.82) is 0 Å². The predicted octanol–water partition coefficient (Wildman–Crippen LogP) is 3.71. The van der Waals surface area contributed by atoms with Gasteiger partial charge in [-0.25, -0.2) is 10.3 Å². The molecule has 2 N–H and O–H groups in total. The number of carbonyl (C=O) groups excluding carboxylic acids is 2. The van der Waals surface area contributed by atoms with Gasteiger partial charge in [0.15, 0.2) is 0 Å². The van der Waals surface area contributed by atoms with Gasteiger partial charge in [0.2, 0.25) is 0 Å². The van der Waals surface area contributed by atoms with Crippen LogP contribution in [0, 0.1) is 3.57 Å². The first-order valence-corrected chi connectivity index (χ1v) is 9.70. The molecule has 0 saturated carbocycles. The highest BCUT2D eigenvalue weighted by Crippen LogP contribution is 2.35. The third kappa shape index (κ3) is 3.78. The van der Waals surface area contributed by atoms with Crippen LogP contribution in [0.4, 0.5) is 0 Å². The number of benzene rings is 1. The molecule has 138 valence electrons. The minimum atomic E-state index is -0.607. The lowest BCUT2D eigenvalue weighted by atomic mass is 9.97. The predicted molar refractivity (Wildman–Crippen MR) is 107 cm³/mol. The quantitative estimate of drug-likeness (QED) is 0.214. The Bertz CT molecular complexity index is 872. The van der Waals surface area contributed by atoms with Crippen molar-refractivity contribution in [2.45, 2.75) is 38.7 Å². The van der Waals surface area contributed by atoms with Gasteiger partial charge in [0.1, 0.15) is 11.7 Å². The summed E-state index contributed by atoms with van der Waals surface area (Å²) in [4.78, 5) is 32.8. The van der Waals surface area contributed by atoms with Gasteiger partial charge in [-0.05, 0) is 59.7 Å². The molecular weight excluding hydrogens is 447 g/mol. The second kappa shape index (κ2) is 8.22. The Labute approximate surface area is 165 Å². The highest BCUT2D eigenvalue weighted by Gasteiger charge is 2.39. The molecule has 0 bridgehead atoms. The molecule has 1 aliphatic heterocycles. The second-order valence-corrected chi connectivity index (χ2v) is 7.47. The number of amides is 1. The van der Waals surface area contributed by atoms with E-state index in [0.29, 0.717) is 12.0 Å². The zero-order valence-corrected chi connectivity index (χ0v) is 16.9. The largest absolute Gasteiger partial charge is 0.454 e. The van der Waals surface area contributed by atoms with Crippen LogP contribution in [0.2, 0.25) is 0 Å². The number of halogens is 1. The maximum atomic E-state index is 12.4. The normalized spacial score (nSPS) is 17.0. The van der Waals surface area contributed by atoms with Crippen LogP contribution in [0.5, 0.6) is 0 Å². The molecular formula is C19H21IN2O4. The molecule has 0 saturated heterocycles. The van der Waals surface area contributed by atoms with Crippen molar-refractivity contribution < 1.29 is 19.2 Å². The molecule has 26 heavy (non-hydrogen) atoms. The Morgan fingerprint density at radius 1 is 1.35 bits per heavy atom. The number of unbranched alkanes of at least 4 members (excludes halogenated alkanes) is 2. The van der Waals surface area contributed by atoms with Crippen molar-refractivity contribution in [2.24, 2.45) is 0 Å². The summed E-state index contributed by atoms with van der Waals surface area (Å²) in [6.07, 6.45) is 3.30. The van der Waals surface area contributed by atoms with E-state index in [2.05, 4.69) is 46.0 Å². The first kappa shape index (κ1) is 18.9. The first-order chi connectivity index (χ1) is 12.5. The third-order valence-electron chi connectivity index (χ3n) is 4.41. The molecule has 2 aromatic rings. The number of hydrogen-bond donors (Lipinski definition) is 2. The van der Waals surface area contributed by atoms with E-state index in [1.54, 1.807) is 0 Å². The maximum Gasteiger partial charge on any atom is 0.344 e. The van der Waals surface area contributed by atoms with Gasteiger partial charge in [0.25, 0.3) is 5.91 Å². The minimum Gasteiger partial charge on any atom is -0.454 e. The minimum absolute atomic E-state index is 0.00889. The number of cyclic esters (lactones) is 1. The summed E-state index contributed by atoms with van der Waals surface area (Å²) in [7, 11) is 1.34. The number of esters is 1. The number of ether oxygens (including phenoxy) is 1. The number of hydroxylamine groups is 1. The summed E-state index contributed by atoms with van der Waals surface area (Å²) in [5.74, 6) is -1.19. The highest BCUT2D eigenvalue weighted by molar-refractivity contribution is 14.1. The summed E-state index contributed by atoms with van der Waals surface area (Å²) in [5.41, 5.74) is 4.53. The van der Waals surface area contributed by atoms with E-state index in [0.717, 1.165) is 39.4 Å². The molecule has 6 nitrogen and oxygen atoms in total. The molecule has 1 aliphatic rings. The molecule has 1 amide bonds. The molecule has 2 heterocycles. The number of hydrogen-bond acceptors (Lipinski definition) is 4. The molecule has 0 radical (unpaired) electrons. The van der Waals surface area contributed by atoms with Gasteiger partial charge in [-0.15, -0.1) is 0 Å². The van der Waals surface area contributed by atoms with E-state index >= 15 is 0 Å². The Hall–Kier alpha value is -1.87. The van der Waals surface area contributed by atoms with Crippen LogP contribution in [-0.2, 0) is 19.2 Å². The zero-order chi connectivity index (χ0) is 18.7. The van der Waals surface area contributed by atoms with Crippen LogP contribution in [-0.4, -0.2) is 30.1 Å². The number of aromatic amines is 1. The van der Waals surface area contributed by atoms with Crippen LogP contribution < -0.4 is 5.48 Å². The molecule has 0 fully saturated rings. The van der Waals surface area contributed by atoms with Crippen molar-refractivity contribution in [3.8, 4) is 0 Å². The summed E-state index contributed by atoms with van der Waals surface area (Å²) in [6.45, 7) is 2.12. The van der Waals surface area contributed by atoms with Crippen LogP contribution in [0.15, 0.2) is 29.8 Å². The Kier molecular flexibility index (Phi) is 5.98. The Morgan fingerprint density at radius 3 is 2.88 bits per heavy atom. The van der Waals surface area contributed by atoms with Gasteiger partial charge in [-0.2, -0.15) is 0 Å². The van der Waals surface area contributed by atoms with E-state index in [1.807, 2.05) is 18.2 Å². The Morgan fingerprint density at radius 2 is 2.15 bits per heavy atom. The van der Waals surface area contributed by atoms with Gasteiger partial charge in [-0.1, -0.05) is 19.8 Å². The summed E-state index contributed by atoms with van der Waals surface area (Å²) in [5, 5.41) is 1.03. The molecule has 1 aromatic carbocycles. The number of fused-ring (bicyclic) bond motifs is 1. The fourth-order valence-corrected chi connectivity index (χ4v) is 3.73. The highest BCUT2D eigenvalue weighted by atomic mass is 127. The van der Waals surface area contributed by atoms with Crippen molar-refractivity contribution in [2.75, 3.05) is 7.11 Å². The number of aromatic nitrogens is 1. The van der Waals surface area contributed by atoms with Crippen LogP contribution in [0.25, 0.3) is 16.5 Å². The smallest absolute Gasteiger partial charge is 0.344 e.